The number of carbonyl (C=O) groups excluding carboxylic acids is 1. The van der Waals surface area contributed by atoms with Crippen LogP contribution >= 0.6 is 11.6 Å². The van der Waals surface area contributed by atoms with Crippen LogP contribution in [0.4, 0.5) is 0 Å². The molecule has 0 aliphatic heterocycles. The van der Waals surface area contributed by atoms with Crippen molar-refractivity contribution in [3.8, 4) is 0 Å². The molecule has 0 aliphatic rings. The highest BCUT2D eigenvalue weighted by molar-refractivity contribution is 6.31. The third-order valence-corrected chi connectivity index (χ3v) is 5.04. The minimum absolute atomic E-state index is 0.0881. The van der Waals surface area contributed by atoms with Crippen LogP contribution in [-0.2, 0) is 13.1 Å². The summed E-state index contributed by atoms with van der Waals surface area (Å²) < 4.78 is 7.45. The summed E-state index contributed by atoms with van der Waals surface area (Å²) in [6, 6.07) is 15.4. The van der Waals surface area contributed by atoms with E-state index in [0.29, 0.717) is 18.8 Å². The van der Waals surface area contributed by atoms with Crippen molar-refractivity contribution < 1.29 is 9.21 Å². The van der Waals surface area contributed by atoms with Crippen molar-refractivity contribution in [2.75, 3.05) is 0 Å². The third-order valence-electron chi connectivity index (χ3n) is 4.67. The lowest BCUT2D eigenvalue weighted by Crippen LogP contribution is -2.38. The van der Waals surface area contributed by atoms with Crippen LogP contribution in [0.15, 0.2) is 65.4 Å². The summed E-state index contributed by atoms with van der Waals surface area (Å²) in [5.41, 5.74) is 2.11. The molecule has 0 radical (unpaired) electrons. The summed E-state index contributed by atoms with van der Waals surface area (Å²) in [6.07, 6.45) is 4.42. The van der Waals surface area contributed by atoms with E-state index in [2.05, 4.69) is 18.4 Å². The maximum atomic E-state index is 12.9. The van der Waals surface area contributed by atoms with E-state index in [-0.39, 0.29) is 11.9 Å². The second-order valence-corrected chi connectivity index (χ2v) is 6.79. The fourth-order valence-electron chi connectivity index (χ4n) is 2.92. The lowest BCUT2D eigenvalue weighted by molar-refractivity contribution is 0.0634. The molecule has 2 heterocycles. The van der Waals surface area contributed by atoms with E-state index in [1.54, 1.807) is 12.1 Å². The fourth-order valence-corrected chi connectivity index (χ4v) is 3.12. The van der Waals surface area contributed by atoms with Gasteiger partial charge in [0.05, 0.1) is 12.8 Å². The number of amides is 1. The van der Waals surface area contributed by atoms with E-state index >= 15 is 0 Å². The second-order valence-electron chi connectivity index (χ2n) is 6.39. The number of benzene rings is 1. The molecule has 1 aromatic carbocycles. The van der Waals surface area contributed by atoms with Gasteiger partial charge in [0, 0.05) is 29.5 Å². The molecule has 0 saturated heterocycles. The largest absolute Gasteiger partial charge is 0.459 e. The Kier molecular flexibility index (Phi) is 5.84. The SMILES string of the molecule is CC[C@@H](C)N(Cc1cccn1Cc1ccccc1Cl)C(=O)c1ccco1. The Labute approximate surface area is 159 Å². The van der Waals surface area contributed by atoms with Gasteiger partial charge in [0.2, 0.25) is 0 Å². The van der Waals surface area contributed by atoms with Gasteiger partial charge in [-0.3, -0.25) is 4.79 Å². The maximum Gasteiger partial charge on any atom is 0.290 e. The topological polar surface area (TPSA) is 38.4 Å². The first kappa shape index (κ1) is 18.3. The van der Waals surface area contributed by atoms with Gasteiger partial charge in [-0.25, -0.2) is 0 Å². The maximum absolute atomic E-state index is 12.9. The molecule has 5 heteroatoms. The van der Waals surface area contributed by atoms with E-state index in [4.69, 9.17) is 16.0 Å². The normalized spacial score (nSPS) is 12.1. The average Bonchev–Trinajstić information content (AvgIpc) is 3.32. The summed E-state index contributed by atoms with van der Waals surface area (Å²) in [4.78, 5) is 14.7. The van der Waals surface area contributed by atoms with E-state index in [1.807, 2.05) is 47.5 Å². The highest BCUT2D eigenvalue weighted by atomic mass is 35.5. The van der Waals surface area contributed by atoms with Gasteiger partial charge >= 0.3 is 0 Å². The molecule has 0 saturated carbocycles. The van der Waals surface area contributed by atoms with Crippen LogP contribution in [0, 0.1) is 0 Å². The van der Waals surface area contributed by atoms with Gasteiger partial charge in [-0.15, -0.1) is 0 Å². The summed E-state index contributed by atoms with van der Waals surface area (Å²) in [6.45, 7) is 5.33. The van der Waals surface area contributed by atoms with Crippen LogP contribution in [-0.4, -0.2) is 21.4 Å². The summed E-state index contributed by atoms with van der Waals surface area (Å²) in [5.74, 6) is 0.282. The van der Waals surface area contributed by atoms with Gasteiger partial charge in [0.1, 0.15) is 0 Å². The third kappa shape index (κ3) is 4.02. The highest BCUT2D eigenvalue weighted by Gasteiger charge is 2.23. The molecule has 0 fully saturated rings. The van der Waals surface area contributed by atoms with Gasteiger partial charge < -0.3 is 13.9 Å². The Morgan fingerprint density at radius 3 is 2.69 bits per heavy atom. The standard InChI is InChI=1S/C21H23ClN2O2/c1-3-16(2)24(21(25)20-11-7-13-26-20)15-18-9-6-12-23(18)14-17-8-4-5-10-19(17)22/h4-13,16H,3,14-15H2,1-2H3/t16-/m1/s1. The zero-order valence-electron chi connectivity index (χ0n) is 15.1. The fraction of sp³-hybridized carbons (Fsp3) is 0.286. The monoisotopic (exact) mass is 370 g/mol. The van der Waals surface area contributed by atoms with Gasteiger partial charge in [-0.05, 0) is 49.2 Å². The van der Waals surface area contributed by atoms with E-state index in [9.17, 15) is 4.79 Å². The molecule has 26 heavy (non-hydrogen) atoms. The molecule has 0 spiro atoms. The van der Waals surface area contributed by atoms with Crippen molar-refractivity contribution in [1.82, 2.24) is 9.47 Å². The van der Waals surface area contributed by atoms with E-state index < -0.39 is 0 Å². The number of furan rings is 1. The van der Waals surface area contributed by atoms with Gasteiger partial charge in [0.25, 0.3) is 5.91 Å². The number of rotatable bonds is 7. The Bertz CT molecular complexity index is 855. The predicted molar refractivity (Wildman–Crippen MR) is 103 cm³/mol. The Morgan fingerprint density at radius 1 is 1.19 bits per heavy atom. The molecular formula is C21H23ClN2O2. The number of halogens is 1. The van der Waals surface area contributed by atoms with Crippen LogP contribution in [0.3, 0.4) is 0 Å². The average molecular weight is 371 g/mol. The van der Waals surface area contributed by atoms with Crippen LogP contribution in [0.25, 0.3) is 0 Å². The van der Waals surface area contributed by atoms with Gasteiger partial charge in [-0.2, -0.15) is 0 Å². The highest BCUT2D eigenvalue weighted by Crippen LogP contribution is 2.20. The van der Waals surface area contributed by atoms with Crippen LogP contribution < -0.4 is 0 Å². The molecule has 3 aromatic rings. The Hall–Kier alpha value is -2.46. The molecule has 1 atom stereocenters. The molecule has 0 unspecified atom stereocenters. The zero-order chi connectivity index (χ0) is 18.5. The summed E-state index contributed by atoms with van der Waals surface area (Å²) in [5, 5.41) is 0.748. The quantitative estimate of drug-likeness (QED) is 0.571. The van der Waals surface area contributed by atoms with Crippen molar-refractivity contribution in [3.05, 3.63) is 83.0 Å². The Balaban J connectivity index is 1.83. The molecule has 3 rings (SSSR count). The number of carbonyl (C=O) groups is 1. The lowest BCUT2D eigenvalue weighted by Gasteiger charge is -2.28. The van der Waals surface area contributed by atoms with Crippen molar-refractivity contribution >= 4 is 17.5 Å². The molecule has 0 aliphatic carbocycles. The molecule has 1 amide bonds. The number of aromatic nitrogens is 1. The van der Waals surface area contributed by atoms with Gasteiger partial charge in [0.15, 0.2) is 5.76 Å². The summed E-state index contributed by atoms with van der Waals surface area (Å²) >= 11 is 6.30. The van der Waals surface area contributed by atoms with Gasteiger partial charge in [-0.1, -0.05) is 36.7 Å². The van der Waals surface area contributed by atoms with E-state index in [0.717, 1.165) is 22.7 Å². The first-order valence-electron chi connectivity index (χ1n) is 8.82. The predicted octanol–water partition coefficient (Wildman–Crippen LogP) is 5.22. The second kappa shape index (κ2) is 8.28. The molecule has 0 bridgehead atoms. The van der Waals surface area contributed by atoms with Crippen LogP contribution in [0.5, 0.6) is 0 Å². The molecular weight excluding hydrogens is 348 g/mol. The number of hydrogen-bond acceptors (Lipinski definition) is 2. The van der Waals surface area contributed by atoms with Crippen LogP contribution in [0.2, 0.25) is 5.02 Å². The first-order chi connectivity index (χ1) is 12.6. The van der Waals surface area contributed by atoms with E-state index in [1.165, 1.54) is 6.26 Å². The van der Waals surface area contributed by atoms with Crippen molar-refractivity contribution in [2.24, 2.45) is 0 Å². The summed E-state index contributed by atoms with van der Waals surface area (Å²) in [7, 11) is 0. The minimum Gasteiger partial charge on any atom is -0.459 e. The minimum atomic E-state index is -0.0881. The Morgan fingerprint density at radius 2 is 2.00 bits per heavy atom. The smallest absolute Gasteiger partial charge is 0.290 e. The zero-order valence-corrected chi connectivity index (χ0v) is 15.8. The molecule has 4 nitrogen and oxygen atoms in total. The van der Waals surface area contributed by atoms with Crippen molar-refractivity contribution in [2.45, 2.75) is 39.4 Å². The molecule has 136 valence electrons. The molecule has 2 aromatic heterocycles. The van der Waals surface area contributed by atoms with Crippen molar-refractivity contribution in [3.63, 3.8) is 0 Å². The van der Waals surface area contributed by atoms with Crippen molar-refractivity contribution in [1.29, 1.82) is 0 Å². The number of hydrogen-bond donors (Lipinski definition) is 0. The van der Waals surface area contributed by atoms with Crippen LogP contribution in [0.1, 0.15) is 42.1 Å². The first-order valence-corrected chi connectivity index (χ1v) is 9.19. The number of nitrogens with zero attached hydrogens (tertiary/aromatic N) is 2. The lowest BCUT2D eigenvalue weighted by atomic mass is 10.2. The molecule has 0 N–H and O–H groups in total.